The van der Waals surface area contributed by atoms with Gasteiger partial charge in [0.05, 0.1) is 18.5 Å². The summed E-state index contributed by atoms with van der Waals surface area (Å²) in [6.07, 6.45) is 3.67. The number of amides is 1. The van der Waals surface area contributed by atoms with Gasteiger partial charge in [0.25, 0.3) is 5.91 Å². The largest absolute Gasteiger partial charge is 0.390 e. The van der Waals surface area contributed by atoms with Crippen LogP contribution in [0.2, 0.25) is 0 Å². The molecule has 1 N–H and O–H groups in total. The number of aromatic nitrogens is 5. The summed E-state index contributed by atoms with van der Waals surface area (Å²) >= 11 is 0. The third-order valence-electron chi connectivity index (χ3n) is 5.00. The maximum atomic E-state index is 12.9. The summed E-state index contributed by atoms with van der Waals surface area (Å²) in [4.78, 5) is 14.9. The Morgan fingerprint density at radius 1 is 1.35 bits per heavy atom. The highest BCUT2D eigenvalue weighted by molar-refractivity contribution is 5.92. The Kier molecular flexibility index (Phi) is 5.70. The number of nitrogens with zero attached hydrogens (tertiary/aromatic N) is 6. The molecular formula is C18H28N6O2. The Bertz CT molecular complexity index is 743. The summed E-state index contributed by atoms with van der Waals surface area (Å²) in [7, 11) is 0. The van der Waals surface area contributed by atoms with E-state index in [1.165, 1.54) is 0 Å². The molecule has 1 aliphatic rings. The first kappa shape index (κ1) is 18.6. The maximum absolute atomic E-state index is 12.9. The van der Waals surface area contributed by atoms with Gasteiger partial charge in [-0.15, -0.1) is 5.10 Å². The standard InChI is InChI=1S/C18H28N6O2/c1-4-24-17(9-16(20-24)13(2)3)18(26)22-7-5-14(6-8-22)10-23-11-15(12-25)19-21-23/h9,11,13-14,25H,4-8,10,12H2,1-3H3. The summed E-state index contributed by atoms with van der Waals surface area (Å²) in [5.74, 6) is 0.856. The zero-order chi connectivity index (χ0) is 18.7. The Morgan fingerprint density at radius 2 is 2.08 bits per heavy atom. The second kappa shape index (κ2) is 7.99. The van der Waals surface area contributed by atoms with Crippen molar-refractivity contribution in [2.24, 2.45) is 5.92 Å². The molecule has 8 nitrogen and oxygen atoms in total. The first-order valence-corrected chi connectivity index (χ1v) is 9.38. The number of aryl methyl sites for hydroxylation is 1. The predicted octanol–water partition coefficient (Wildman–Crippen LogP) is 1.66. The molecule has 142 valence electrons. The number of likely N-dealkylation sites (tertiary alicyclic amines) is 1. The molecular weight excluding hydrogens is 332 g/mol. The normalized spacial score (nSPS) is 15.8. The first-order valence-electron chi connectivity index (χ1n) is 9.38. The van der Waals surface area contributed by atoms with E-state index in [-0.39, 0.29) is 12.5 Å². The highest BCUT2D eigenvalue weighted by Crippen LogP contribution is 2.22. The minimum atomic E-state index is -0.0869. The van der Waals surface area contributed by atoms with E-state index < -0.39 is 0 Å². The Morgan fingerprint density at radius 3 is 2.65 bits per heavy atom. The van der Waals surface area contributed by atoms with Crippen LogP contribution in [-0.4, -0.2) is 53.8 Å². The van der Waals surface area contributed by atoms with E-state index in [0.717, 1.165) is 38.2 Å². The van der Waals surface area contributed by atoms with Crippen LogP contribution >= 0.6 is 0 Å². The van der Waals surface area contributed by atoms with Crippen LogP contribution in [0.5, 0.6) is 0 Å². The maximum Gasteiger partial charge on any atom is 0.272 e. The molecule has 0 atom stereocenters. The number of hydrogen-bond acceptors (Lipinski definition) is 5. The number of aliphatic hydroxyl groups is 1. The van der Waals surface area contributed by atoms with E-state index in [1.54, 1.807) is 10.9 Å². The van der Waals surface area contributed by atoms with Crippen LogP contribution in [-0.2, 0) is 19.7 Å². The smallest absolute Gasteiger partial charge is 0.272 e. The van der Waals surface area contributed by atoms with Gasteiger partial charge in [0.15, 0.2) is 0 Å². The van der Waals surface area contributed by atoms with Gasteiger partial charge in [-0.1, -0.05) is 19.1 Å². The molecule has 0 saturated carbocycles. The summed E-state index contributed by atoms with van der Waals surface area (Å²) in [6.45, 7) is 9.08. The number of aliphatic hydroxyl groups excluding tert-OH is 1. The van der Waals surface area contributed by atoms with Crippen LogP contribution in [0.1, 0.15) is 61.4 Å². The quantitative estimate of drug-likeness (QED) is 0.846. The number of carbonyl (C=O) groups is 1. The third kappa shape index (κ3) is 3.95. The van der Waals surface area contributed by atoms with E-state index in [1.807, 2.05) is 22.6 Å². The molecule has 3 heterocycles. The number of piperidine rings is 1. The molecule has 8 heteroatoms. The SMILES string of the molecule is CCn1nc(C(C)C)cc1C(=O)N1CCC(Cn2cc(CO)nn2)CC1. The van der Waals surface area contributed by atoms with Crippen molar-refractivity contribution in [3.63, 3.8) is 0 Å². The minimum Gasteiger partial charge on any atom is -0.390 e. The molecule has 0 aliphatic carbocycles. The molecule has 1 amide bonds. The minimum absolute atomic E-state index is 0.0769. The van der Waals surface area contributed by atoms with Crippen molar-refractivity contribution in [1.29, 1.82) is 0 Å². The Hall–Kier alpha value is -2.22. The first-order chi connectivity index (χ1) is 12.5. The van der Waals surface area contributed by atoms with Crippen LogP contribution in [0.15, 0.2) is 12.3 Å². The highest BCUT2D eigenvalue weighted by atomic mass is 16.3. The zero-order valence-corrected chi connectivity index (χ0v) is 15.8. The van der Waals surface area contributed by atoms with Crippen molar-refractivity contribution in [3.8, 4) is 0 Å². The van der Waals surface area contributed by atoms with E-state index in [9.17, 15) is 4.79 Å². The fraction of sp³-hybridized carbons (Fsp3) is 0.667. The monoisotopic (exact) mass is 360 g/mol. The summed E-state index contributed by atoms with van der Waals surface area (Å²) < 4.78 is 3.60. The Balaban J connectivity index is 1.60. The lowest BCUT2D eigenvalue weighted by Crippen LogP contribution is -2.40. The highest BCUT2D eigenvalue weighted by Gasteiger charge is 2.27. The van der Waals surface area contributed by atoms with E-state index in [0.29, 0.717) is 29.8 Å². The average molecular weight is 360 g/mol. The lowest BCUT2D eigenvalue weighted by molar-refractivity contribution is 0.0668. The van der Waals surface area contributed by atoms with Crippen molar-refractivity contribution >= 4 is 5.91 Å². The molecule has 2 aromatic rings. The van der Waals surface area contributed by atoms with Gasteiger partial charge >= 0.3 is 0 Å². The van der Waals surface area contributed by atoms with Crippen molar-refractivity contribution in [2.75, 3.05) is 13.1 Å². The molecule has 1 fully saturated rings. The lowest BCUT2D eigenvalue weighted by Gasteiger charge is -2.31. The molecule has 0 spiro atoms. The summed E-state index contributed by atoms with van der Waals surface area (Å²) in [5.41, 5.74) is 2.25. The lowest BCUT2D eigenvalue weighted by atomic mass is 9.96. The van der Waals surface area contributed by atoms with Gasteiger partial charge in [-0.05, 0) is 37.7 Å². The van der Waals surface area contributed by atoms with Crippen molar-refractivity contribution in [2.45, 2.75) is 59.2 Å². The van der Waals surface area contributed by atoms with Gasteiger partial charge in [-0.25, -0.2) is 0 Å². The van der Waals surface area contributed by atoms with E-state index in [2.05, 4.69) is 29.3 Å². The van der Waals surface area contributed by atoms with Gasteiger partial charge in [-0.2, -0.15) is 5.10 Å². The molecule has 2 aromatic heterocycles. The summed E-state index contributed by atoms with van der Waals surface area (Å²) in [5, 5.41) is 21.6. The van der Waals surface area contributed by atoms with Crippen LogP contribution < -0.4 is 0 Å². The fourth-order valence-corrected chi connectivity index (χ4v) is 3.38. The average Bonchev–Trinajstić information content (AvgIpc) is 3.28. The van der Waals surface area contributed by atoms with E-state index >= 15 is 0 Å². The third-order valence-corrected chi connectivity index (χ3v) is 5.00. The molecule has 1 aliphatic heterocycles. The molecule has 0 aromatic carbocycles. The van der Waals surface area contributed by atoms with E-state index in [4.69, 9.17) is 5.11 Å². The zero-order valence-electron chi connectivity index (χ0n) is 15.8. The van der Waals surface area contributed by atoms with Crippen molar-refractivity contribution in [1.82, 2.24) is 29.7 Å². The van der Waals surface area contributed by atoms with Crippen molar-refractivity contribution < 1.29 is 9.90 Å². The number of rotatable bonds is 6. The Labute approximate surface area is 153 Å². The number of hydrogen-bond donors (Lipinski definition) is 1. The van der Waals surface area contributed by atoms with Gasteiger partial charge in [0.2, 0.25) is 0 Å². The molecule has 26 heavy (non-hydrogen) atoms. The second-order valence-electron chi connectivity index (χ2n) is 7.25. The van der Waals surface area contributed by atoms with Crippen molar-refractivity contribution in [3.05, 3.63) is 29.3 Å². The second-order valence-corrected chi connectivity index (χ2v) is 7.25. The topological polar surface area (TPSA) is 89.1 Å². The van der Waals surface area contributed by atoms with Crippen LogP contribution in [0, 0.1) is 5.92 Å². The molecule has 3 rings (SSSR count). The molecule has 0 radical (unpaired) electrons. The molecule has 0 bridgehead atoms. The van der Waals surface area contributed by atoms with Gasteiger partial charge < -0.3 is 10.0 Å². The fourth-order valence-electron chi connectivity index (χ4n) is 3.38. The number of carbonyl (C=O) groups excluding carboxylic acids is 1. The van der Waals surface area contributed by atoms with Crippen LogP contribution in [0.4, 0.5) is 0 Å². The summed E-state index contributed by atoms with van der Waals surface area (Å²) in [6, 6.07) is 1.94. The van der Waals surface area contributed by atoms with Crippen LogP contribution in [0.3, 0.4) is 0 Å². The van der Waals surface area contributed by atoms with Gasteiger partial charge in [0, 0.05) is 26.2 Å². The molecule has 1 saturated heterocycles. The van der Waals surface area contributed by atoms with Gasteiger partial charge in [0.1, 0.15) is 11.4 Å². The molecule has 0 unspecified atom stereocenters. The van der Waals surface area contributed by atoms with Crippen LogP contribution in [0.25, 0.3) is 0 Å². The predicted molar refractivity (Wildman–Crippen MR) is 96.6 cm³/mol. The van der Waals surface area contributed by atoms with Gasteiger partial charge in [-0.3, -0.25) is 14.2 Å².